The van der Waals surface area contributed by atoms with E-state index in [0.717, 1.165) is 15.8 Å². The molecule has 0 fully saturated rings. The molecule has 1 amide bonds. The van der Waals surface area contributed by atoms with Crippen LogP contribution in [-0.4, -0.2) is 17.1 Å². The maximum Gasteiger partial charge on any atom is 0.280 e. The molecule has 0 aliphatic carbocycles. The summed E-state index contributed by atoms with van der Waals surface area (Å²) in [5.41, 5.74) is 2.70. The predicted octanol–water partition coefficient (Wildman–Crippen LogP) is 6.05. The number of aromatic nitrogens is 1. The summed E-state index contributed by atoms with van der Waals surface area (Å²) in [5, 5.41) is 6.90. The molecule has 0 saturated carbocycles. The van der Waals surface area contributed by atoms with Crippen molar-refractivity contribution >= 4 is 61.4 Å². The Hall–Kier alpha value is -3.81. The highest BCUT2D eigenvalue weighted by atomic mass is 35.5. The summed E-state index contributed by atoms with van der Waals surface area (Å²) in [6.07, 6.45) is 2.66. The summed E-state index contributed by atoms with van der Waals surface area (Å²) < 4.78 is 6.49. The molecule has 6 nitrogen and oxygen atoms in total. The highest BCUT2D eigenvalue weighted by Gasteiger charge is 2.21. The first-order valence-electron chi connectivity index (χ1n) is 10.0. The van der Waals surface area contributed by atoms with Crippen molar-refractivity contribution in [1.29, 1.82) is 0 Å². The van der Waals surface area contributed by atoms with Crippen LogP contribution in [0.3, 0.4) is 0 Å². The van der Waals surface area contributed by atoms with Crippen LogP contribution in [0.15, 0.2) is 87.3 Å². The van der Waals surface area contributed by atoms with Crippen molar-refractivity contribution in [2.75, 3.05) is 5.01 Å². The minimum absolute atomic E-state index is 0.222. The third-order valence-electron chi connectivity index (χ3n) is 5.02. The number of thiazole rings is 1. The van der Waals surface area contributed by atoms with Gasteiger partial charge in [-0.2, -0.15) is 10.1 Å². The van der Waals surface area contributed by atoms with Gasteiger partial charge in [-0.05, 0) is 61.0 Å². The van der Waals surface area contributed by atoms with Gasteiger partial charge in [0.05, 0.1) is 27.4 Å². The number of hydrogen-bond donors (Lipinski definition) is 0. The van der Waals surface area contributed by atoms with Gasteiger partial charge in [-0.25, -0.2) is 4.98 Å². The molecule has 0 aliphatic rings. The van der Waals surface area contributed by atoms with Crippen LogP contribution in [0.5, 0.6) is 0 Å². The van der Waals surface area contributed by atoms with E-state index in [1.165, 1.54) is 28.8 Å². The average Bonchev–Trinajstić information content (AvgIpc) is 3.24. The minimum Gasteiger partial charge on any atom is -0.463 e. The van der Waals surface area contributed by atoms with E-state index in [1.54, 1.807) is 48.5 Å². The zero-order valence-electron chi connectivity index (χ0n) is 17.4. The molecular weight excluding hydrogens is 458 g/mol. The number of hydrazone groups is 1. The van der Waals surface area contributed by atoms with Gasteiger partial charge in [-0.1, -0.05) is 41.1 Å². The van der Waals surface area contributed by atoms with Crippen molar-refractivity contribution < 1.29 is 9.21 Å². The molecule has 0 spiro atoms. The van der Waals surface area contributed by atoms with Crippen LogP contribution in [-0.2, 0) is 0 Å². The van der Waals surface area contributed by atoms with E-state index in [-0.39, 0.29) is 11.0 Å². The van der Waals surface area contributed by atoms with E-state index in [9.17, 15) is 9.59 Å². The Balaban J connectivity index is 1.60. The fraction of sp³-hybridized carbons (Fsp3) is 0.0400. The number of anilines is 1. The standard InChI is InChI=1S/C25H16ClN3O3S/c1-15-6-11-20-22(12-15)33-25(28-20)29(24(31)16-7-9-18(26)10-8-16)27-13-17-14-32-21-5-3-2-4-19(21)23(17)30/h2-14H,1H3/b27-13+. The molecular formula is C25H16ClN3O3S. The van der Waals surface area contributed by atoms with E-state index in [1.807, 2.05) is 25.1 Å². The molecule has 2 aromatic heterocycles. The Kier molecular flexibility index (Phi) is 5.50. The SMILES string of the molecule is Cc1ccc2nc(N(/N=C/c3coc4ccccc4c3=O)C(=O)c3ccc(Cl)cc3)sc2c1. The van der Waals surface area contributed by atoms with Crippen LogP contribution < -0.4 is 10.4 Å². The molecule has 0 unspecified atom stereocenters. The van der Waals surface area contributed by atoms with Gasteiger partial charge in [0, 0.05) is 10.6 Å². The summed E-state index contributed by atoms with van der Waals surface area (Å²) >= 11 is 7.32. The normalized spacial score (nSPS) is 11.5. The second kappa shape index (κ2) is 8.61. The number of amides is 1. The van der Waals surface area contributed by atoms with Gasteiger partial charge in [-0.15, -0.1) is 0 Å². The molecule has 0 aliphatic heterocycles. The largest absolute Gasteiger partial charge is 0.463 e. The number of para-hydroxylation sites is 1. The number of rotatable bonds is 4. The molecule has 5 aromatic rings. The zero-order chi connectivity index (χ0) is 22.9. The van der Waals surface area contributed by atoms with E-state index in [0.29, 0.717) is 26.7 Å². The van der Waals surface area contributed by atoms with E-state index >= 15 is 0 Å². The van der Waals surface area contributed by atoms with Crippen LogP contribution in [0.2, 0.25) is 5.02 Å². The number of halogens is 1. The molecule has 0 radical (unpaired) electrons. The molecule has 0 N–H and O–H groups in total. The van der Waals surface area contributed by atoms with Gasteiger partial charge in [0.1, 0.15) is 11.8 Å². The fourth-order valence-corrected chi connectivity index (χ4v) is 4.46. The van der Waals surface area contributed by atoms with Crippen LogP contribution in [0.1, 0.15) is 21.5 Å². The number of fused-ring (bicyclic) bond motifs is 2. The number of benzene rings is 3. The van der Waals surface area contributed by atoms with Crippen molar-refractivity contribution in [3.63, 3.8) is 0 Å². The van der Waals surface area contributed by atoms with Crippen LogP contribution >= 0.6 is 22.9 Å². The highest BCUT2D eigenvalue weighted by Crippen LogP contribution is 2.31. The van der Waals surface area contributed by atoms with Crippen molar-refractivity contribution in [3.8, 4) is 0 Å². The number of carbonyl (C=O) groups is 1. The minimum atomic E-state index is -0.399. The summed E-state index contributed by atoms with van der Waals surface area (Å²) in [4.78, 5) is 30.8. The van der Waals surface area contributed by atoms with Crippen LogP contribution in [0.25, 0.3) is 21.2 Å². The lowest BCUT2D eigenvalue weighted by molar-refractivity contribution is 0.0988. The highest BCUT2D eigenvalue weighted by molar-refractivity contribution is 7.22. The lowest BCUT2D eigenvalue weighted by Gasteiger charge is -2.13. The summed E-state index contributed by atoms with van der Waals surface area (Å²) in [6.45, 7) is 1.99. The Bertz CT molecular complexity index is 1590. The maximum atomic E-state index is 13.4. The first kappa shape index (κ1) is 21.1. The van der Waals surface area contributed by atoms with Crippen molar-refractivity contribution in [1.82, 2.24) is 4.98 Å². The Labute approximate surface area is 197 Å². The van der Waals surface area contributed by atoms with Gasteiger partial charge in [-0.3, -0.25) is 9.59 Å². The molecule has 33 heavy (non-hydrogen) atoms. The van der Waals surface area contributed by atoms with Crippen LogP contribution in [0.4, 0.5) is 5.13 Å². The fourth-order valence-electron chi connectivity index (χ4n) is 3.32. The number of carbonyl (C=O) groups excluding carboxylic acids is 1. The van der Waals surface area contributed by atoms with Crippen molar-refractivity contribution in [2.45, 2.75) is 6.92 Å². The van der Waals surface area contributed by atoms with E-state index in [2.05, 4.69) is 10.1 Å². The first-order chi connectivity index (χ1) is 16.0. The molecule has 5 rings (SSSR count). The second-order valence-corrected chi connectivity index (χ2v) is 8.80. The van der Waals surface area contributed by atoms with Crippen molar-refractivity contribution in [2.24, 2.45) is 5.10 Å². The van der Waals surface area contributed by atoms with Crippen molar-refractivity contribution in [3.05, 3.63) is 105 Å². The first-order valence-corrected chi connectivity index (χ1v) is 11.2. The number of nitrogens with zero attached hydrogens (tertiary/aromatic N) is 3. The summed E-state index contributed by atoms with van der Waals surface area (Å²) in [7, 11) is 0. The molecule has 0 bridgehead atoms. The average molecular weight is 474 g/mol. The lowest BCUT2D eigenvalue weighted by Crippen LogP contribution is -2.26. The van der Waals surface area contributed by atoms with Gasteiger partial charge >= 0.3 is 0 Å². The maximum absolute atomic E-state index is 13.4. The predicted molar refractivity (Wildman–Crippen MR) is 133 cm³/mol. The second-order valence-electron chi connectivity index (χ2n) is 7.35. The molecule has 2 heterocycles. The number of aryl methyl sites for hydroxylation is 1. The topological polar surface area (TPSA) is 75.8 Å². The van der Waals surface area contributed by atoms with Crippen LogP contribution in [0, 0.1) is 6.92 Å². The molecule has 0 saturated heterocycles. The smallest absolute Gasteiger partial charge is 0.280 e. The Morgan fingerprint density at radius 2 is 1.91 bits per heavy atom. The van der Waals surface area contributed by atoms with Gasteiger partial charge < -0.3 is 4.42 Å². The Morgan fingerprint density at radius 3 is 2.73 bits per heavy atom. The van der Waals surface area contributed by atoms with Gasteiger partial charge in [0.25, 0.3) is 5.91 Å². The molecule has 162 valence electrons. The lowest BCUT2D eigenvalue weighted by atomic mass is 10.2. The van der Waals surface area contributed by atoms with E-state index < -0.39 is 5.91 Å². The van der Waals surface area contributed by atoms with Gasteiger partial charge in [0.15, 0.2) is 0 Å². The molecule has 8 heteroatoms. The van der Waals surface area contributed by atoms with E-state index in [4.69, 9.17) is 16.0 Å². The third kappa shape index (κ3) is 4.16. The Morgan fingerprint density at radius 1 is 1.12 bits per heavy atom. The molecule has 0 atom stereocenters. The quantitative estimate of drug-likeness (QED) is 0.235. The monoisotopic (exact) mass is 473 g/mol. The zero-order valence-corrected chi connectivity index (χ0v) is 18.9. The number of hydrogen-bond acceptors (Lipinski definition) is 6. The third-order valence-corrected chi connectivity index (χ3v) is 6.26. The summed E-state index contributed by atoms with van der Waals surface area (Å²) in [5.74, 6) is -0.399. The summed E-state index contributed by atoms with van der Waals surface area (Å²) in [6, 6.07) is 19.3. The molecule has 3 aromatic carbocycles. The van der Waals surface area contributed by atoms with Gasteiger partial charge in [0.2, 0.25) is 10.6 Å².